The maximum atomic E-state index is 12.3. The predicted octanol–water partition coefficient (Wildman–Crippen LogP) is 3.91. The zero-order valence-corrected chi connectivity index (χ0v) is 12.4. The minimum Gasteiger partial charge on any atom is -0.507 e. The van der Waals surface area contributed by atoms with Gasteiger partial charge in [-0.1, -0.05) is 24.3 Å². The van der Waals surface area contributed by atoms with Gasteiger partial charge in [-0.05, 0) is 49.3 Å². The molecule has 0 heterocycles. The lowest BCUT2D eigenvalue weighted by Crippen LogP contribution is -1.97. The quantitative estimate of drug-likeness (QED) is 0.683. The van der Waals surface area contributed by atoms with E-state index in [4.69, 9.17) is 4.74 Å². The van der Waals surface area contributed by atoms with E-state index in [0.29, 0.717) is 16.9 Å². The first-order valence-corrected chi connectivity index (χ1v) is 6.68. The maximum absolute atomic E-state index is 12.3. The molecule has 108 valence electrons. The molecule has 0 atom stereocenters. The molecule has 1 N–H and O–H groups in total. The van der Waals surface area contributed by atoms with E-state index in [-0.39, 0.29) is 11.5 Å². The maximum Gasteiger partial charge on any atom is 0.189 e. The molecule has 0 aliphatic rings. The Hall–Kier alpha value is -2.55. The van der Waals surface area contributed by atoms with E-state index in [1.165, 1.54) is 6.08 Å². The first kappa shape index (κ1) is 14.9. The lowest BCUT2D eigenvalue weighted by atomic mass is 10.0. The number of hydrogen-bond donors (Lipinski definition) is 1. The second-order valence-electron chi connectivity index (χ2n) is 4.92. The van der Waals surface area contributed by atoms with Crippen LogP contribution < -0.4 is 4.74 Å². The van der Waals surface area contributed by atoms with Crippen LogP contribution in [0.3, 0.4) is 0 Å². The van der Waals surface area contributed by atoms with Gasteiger partial charge in [-0.3, -0.25) is 4.79 Å². The Balaban J connectivity index is 2.32. The van der Waals surface area contributed by atoms with Gasteiger partial charge in [-0.25, -0.2) is 0 Å². The molecule has 0 saturated heterocycles. The van der Waals surface area contributed by atoms with E-state index in [0.717, 1.165) is 11.1 Å². The molecule has 0 bridgehead atoms. The summed E-state index contributed by atoms with van der Waals surface area (Å²) in [5.74, 6) is 0.506. The second-order valence-corrected chi connectivity index (χ2v) is 4.92. The van der Waals surface area contributed by atoms with Crippen molar-refractivity contribution >= 4 is 11.9 Å². The van der Waals surface area contributed by atoms with E-state index in [1.807, 2.05) is 37.3 Å². The smallest absolute Gasteiger partial charge is 0.189 e. The van der Waals surface area contributed by atoms with E-state index in [1.54, 1.807) is 26.2 Å². The number of carbonyl (C=O) groups is 1. The number of methoxy groups -OCH3 is 1. The van der Waals surface area contributed by atoms with Gasteiger partial charge in [0.15, 0.2) is 5.78 Å². The summed E-state index contributed by atoms with van der Waals surface area (Å²) >= 11 is 0. The van der Waals surface area contributed by atoms with Crippen LogP contribution in [0.5, 0.6) is 11.5 Å². The highest BCUT2D eigenvalue weighted by molar-refractivity contribution is 6.09. The van der Waals surface area contributed by atoms with Gasteiger partial charge in [0, 0.05) is 5.56 Å². The summed E-state index contributed by atoms with van der Waals surface area (Å²) in [7, 11) is 1.59. The van der Waals surface area contributed by atoms with Crippen LogP contribution in [-0.2, 0) is 0 Å². The number of allylic oxidation sites excluding steroid dienone is 1. The molecule has 0 spiro atoms. The van der Waals surface area contributed by atoms with Crippen molar-refractivity contribution < 1.29 is 14.6 Å². The topological polar surface area (TPSA) is 46.5 Å². The van der Waals surface area contributed by atoms with Gasteiger partial charge in [0.05, 0.1) is 12.7 Å². The molecule has 0 amide bonds. The van der Waals surface area contributed by atoms with Crippen molar-refractivity contribution in [3.63, 3.8) is 0 Å². The number of benzene rings is 2. The van der Waals surface area contributed by atoms with Gasteiger partial charge in [0.1, 0.15) is 11.5 Å². The number of hydrogen-bond acceptors (Lipinski definition) is 3. The third-order valence-corrected chi connectivity index (χ3v) is 3.26. The van der Waals surface area contributed by atoms with Crippen LogP contribution in [0.2, 0.25) is 0 Å². The minimum atomic E-state index is -0.231. The Labute approximate surface area is 124 Å². The van der Waals surface area contributed by atoms with Crippen molar-refractivity contribution in [3.8, 4) is 11.5 Å². The largest absolute Gasteiger partial charge is 0.507 e. The van der Waals surface area contributed by atoms with Crippen LogP contribution in [0.1, 0.15) is 27.0 Å². The fraction of sp³-hybridized carbons (Fsp3) is 0.167. The van der Waals surface area contributed by atoms with Crippen molar-refractivity contribution in [1.29, 1.82) is 0 Å². The summed E-state index contributed by atoms with van der Waals surface area (Å²) in [6, 6.07) is 11.0. The van der Waals surface area contributed by atoms with E-state index < -0.39 is 0 Å². The molecular formula is C18H18O3. The van der Waals surface area contributed by atoms with Gasteiger partial charge >= 0.3 is 0 Å². The second kappa shape index (κ2) is 6.27. The Kier molecular flexibility index (Phi) is 4.43. The lowest BCUT2D eigenvalue weighted by Gasteiger charge is -2.06. The van der Waals surface area contributed by atoms with Crippen LogP contribution in [0, 0.1) is 13.8 Å². The molecule has 3 nitrogen and oxygen atoms in total. The molecule has 0 unspecified atom stereocenters. The Morgan fingerprint density at radius 2 is 1.90 bits per heavy atom. The zero-order chi connectivity index (χ0) is 15.4. The number of ether oxygens (including phenoxy) is 1. The van der Waals surface area contributed by atoms with Gasteiger partial charge in [0.2, 0.25) is 0 Å². The zero-order valence-electron chi connectivity index (χ0n) is 12.4. The SMILES string of the molecule is COc1ccccc1/C=C/C(=O)c1cc(C)cc(C)c1O. The lowest BCUT2D eigenvalue weighted by molar-refractivity contribution is 0.104. The molecule has 21 heavy (non-hydrogen) atoms. The van der Waals surface area contributed by atoms with E-state index in [2.05, 4.69) is 0 Å². The summed E-state index contributed by atoms with van der Waals surface area (Å²) in [6.45, 7) is 3.68. The highest BCUT2D eigenvalue weighted by Crippen LogP contribution is 2.25. The summed E-state index contributed by atoms with van der Waals surface area (Å²) in [4.78, 5) is 12.3. The molecule has 2 aromatic carbocycles. The summed E-state index contributed by atoms with van der Waals surface area (Å²) in [5.41, 5.74) is 2.78. The average molecular weight is 282 g/mol. The van der Waals surface area contributed by atoms with Crippen LogP contribution >= 0.6 is 0 Å². The fourth-order valence-electron chi connectivity index (χ4n) is 2.21. The van der Waals surface area contributed by atoms with Crippen molar-refractivity contribution in [2.45, 2.75) is 13.8 Å². The van der Waals surface area contributed by atoms with Crippen LogP contribution in [0.15, 0.2) is 42.5 Å². The van der Waals surface area contributed by atoms with Crippen molar-refractivity contribution in [1.82, 2.24) is 0 Å². The molecule has 3 heteroatoms. The number of para-hydroxylation sites is 1. The Morgan fingerprint density at radius 1 is 1.19 bits per heavy atom. The molecule has 0 radical (unpaired) electrons. The third kappa shape index (κ3) is 3.31. The molecular weight excluding hydrogens is 264 g/mol. The number of aryl methyl sites for hydroxylation is 2. The van der Waals surface area contributed by atoms with Crippen molar-refractivity contribution in [2.75, 3.05) is 7.11 Å². The summed E-state index contributed by atoms with van der Waals surface area (Å²) < 4.78 is 5.23. The molecule has 0 fully saturated rings. The summed E-state index contributed by atoms with van der Waals surface area (Å²) in [6.07, 6.45) is 3.14. The average Bonchev–Trinajstić information content (AvgIpc) is 2.48. The summed E-state index contributed by atoms with van der Waals surface area (Å²) in [5, 5.41) is 10.0. The normalized spacial score (nSPS) is 10.8. The third-order valence-electron chi connectivity index (χ3n) is 3.26. The highest BCUT2D eigenvalue weighted by atomic mass is 16.5. The predicted molar refractivity (Wildman–Crippen MR) is 83.9 cm³/mol. The van der Waals surface area contributed by atoms with Crippen molar-refractivity contribution in [2.24, 2.45) is 0 Å². The number of carbonyl (C=O) groups excluding carboxylic acids is 1. The van der Waals surface area contributed by atoms with Crippen LogP contribution in [0.25, 0.3) is 6.08 Å². The Bertz CT molecular complexity index is 700. The van der Waals surface area contributed by atoms with Gasteiger partial charge in [-0.2, -0.15) is 0 Å². The first-order chi connectivity index (χ1) is 10.0. The molecule has 2 aromatic rings. The molecule has 0 saturated carbocycles. The first-order valence-electron chi connectivity index (χ1n) is 6.68. The van der Waals surface area contributed by atoms with Gasteiger partial charge < -0.3 is 9.84 Å². The molecule has 0 aliphatic carbocycles. The monoisotopic (exact) mass is 282 g/mol. The standard InChI is InChI=1S/C18H18O3/c1-12-10-13(2)18(20)15(11-12)16(19)9-8-14-6-4-5-7-17(14)21-3/h4-11,20H,1-3H3/b9-8+. The number of rotatable bonds is 4. The van der Waals surface area contributed by atoms with Crippen LogP contribution in [0.4, 0.5) is 0 Å². The van der Waals surface area contributed by atoms with Gasteiger partial charge in [0.25, 0.3) is 0 Å². The van der Waals surface area contributed by atoms with E-state index >= 15 is 0 Å². The van der Waals surface area contributed by atoms with Crippen molar-refractivity contribution in [3.05, 3.63) is 64.7 Å². The van der Waals surface area contributed by atoms with Gasteiger partial charge in [-0.15, -0.1) is 0 Å². The molecule has 2 rings (SSSR count). The number of phenolic OH excluding ortho intramolecular Hbond substituents is 1. The Morgan fingerprint density at radius 3 is 2.62 bits per heavy atom. The highest BCUT2D eigenvalue weighted by Gasteiger charge is 2.11. The number of aromatic hydroxyl groups is 1. The molecule has 0 aromatic heterocycles. The minimum absolute atomic E-state index is 0.0373. The molecule has 0 aliphatic heterocycles. The fourth-order valence-corrected chi connectivity index (χ4v) is 2.21. The van der Waals surface area contributed by atoms with Crippen LogP contribution in [-0.4, -0.2) is 18.0 Å². The van der Waals surface area contributed by atoms with E-state index in [9.17, 15) is 9.90 Å². The number of ketones is 1. The number of phenols is 1.